The van der Waals surface area contributed by atoms with Gasteiger partial charge in [-0.3, -0.25) is 0 Å². The van der Waals surface area contributed by atoms with E-state index in [9.17, 15) is 0 Å². The van der Waals surface area contributed by atoms with Crippen LogP contribution in [-0.4, -0.2) is 16.4 Å². The molecule has 0 saturated heterocycles. The van der Waals surface area contributed by atoms with Gasteiger partial charge < -0.3 is 14.5 Å². The Labute approximate surface area is 297 Å². The molecule has 0 bridgehead atoms. The summed E-state index contributed by atoms with van der Waals surface area (Å²) in [6, 6.07) is 36.4. The summed E-state index contributed by atoms with van der Waals surface area (Å²) in [7, 11) is 0. The first-order valence-corrected chi connectivity index (χ1v) is 17.6. The first-order valence-electron chi connectivity index (χ1n) is 17.6. The average Bonchev–Trinajstić information content (AvgIpc) is 3.70. The highest BCUT2D eigenvalue weighted by Crippen LogP contribution is 2.52. The summed E-state index contributed by atoms with van der Waals surface area (Å²) < 4.78 is 8.46. The van der Waals surface area contributed by atoms with Gasteiger partial charge in [0.15, 0.2) is 0 Å². The summed E-state index contributed by atoms with van der Waals surface area (Å²) >= 11 is 0. The highest BCUT2D eigenvalue weighted by Gasteiger charge is 2.36. The van der Waals surface area contributed by atoms with E-state index in [0.717, 1.165) is 34.0 Å². The van der Waals surface area contributed by atoms with Crippen LogP contribution >= 0.6 is 0 Å². The smallest absolute Gasteiger partial charge is 0.129 e. The second-order valence-electron chi connectivity index (χ2n) is 15.8. The molecule has 0 atom stereocenters. The molecule has 2 heterocycles. The van der Waals surface area contributed by atoms with Gasteiger partial charge in [-0.2, -0.15) is 5.10 Å². The van der Waals surface area contributed by atoms with Crippen LogP contribution in [0, 0.1) is 20.8 Å². The van der Waals surface area contributed by atoms with E-state index in [1.165, 1.54) is 44.9 Å². The molecule has 50 heavy (non-hydrogen) atoms. The zero-order valence-electron chi connectivity index (χ0n) is 30.9. The van der Waals surface area contributed by atoms with E-state index < -0.39 is 0 Å². The summed E-state index contributed by atoms with van der Waals surface area (Å²) in [5.41, 5.74) is 14.5. The van der Waals surface area contributed by atoms with Crippen molar-refractivity contribution >= 4 is 22.7 Å². The minimum atomic E-state index is -0.0710. The first kappa shape index (κ1) is 33.2. The SMILES string of the molecule is Cc1cc(C)c(N2CN(c3cccc(Oc4cccc(-n5cc(-c6ccccc6)cn5)c4)c3)c3c2cc(C(C)(C)C)cc3C(C)(C)C)c(C)c1. The zero-order chi connectivity index (χ0) is 35.4. The van der Waals surface area contributed by atoms with Crippen LogP contribution in [0.25, 0.3) is 16.8 Å². The topological polar surface area (TPSA) is 33.5 Å². The molecule has 7 rings (SSSR count). The summed E-state index contributed by atoms with van der Waals surface area (Å²) in [4.78, 5) is 4.99. The van der Waals surface area contributed by atoms with Crippen molar-refractivity contribution < 1.29 is 4.74 Å². The number of hydrogen-bond donors (Lipinski definition) is 0. The second-order valence-corrected chi connectivity index (χ2v) is 15.8. The molecule has 0 fully saturated rings. The van der Waals surface area contributed by atoms with Gasteiger partial charge in [0.25, 0.3) is 0 Å². The molecule has 254 valence electrons. The Balaban J connectivity index is 1.27. The lowest BCUT2D eigenvalue weighted by atomic mass is 9.79. The van der Waals surface area contributed by atoms with Crippen LogP contribution in [0.15, 0.2) is 116 Å². The van der Waals surface area contributed by atoms with Crippen molar-refractivity contribution in [2.24, 2.45) is 0 Å². The lowest BCUT2D eigenvalue weighted by Gasteiger charge is -2.30. The van der Waals surface area contributed by atoms with Crippen LogP contribution in [0.1, 0.15) is 69.4 Å². The number of ether oxygens (including phenoxy) is 1. The standard InChI is InChI=1S/C45H48N4O/c1-30-21-31(2)42(32(3)22-30)48-29-47(43-40(45(7,8)9)23-35(24-41(43)48)44(4,5)6)36-17-13-19-38(25-36)50-39-20-14-18-37(26-39)49-28-34(27-46-49)33-15-11-10-12-16-33/h10-28H,29H2,1-9H3. The van der Waals surface area contributed by atoms with Crippen molar-refractivity contribution in [3.8, 4) is 28.3 Å². The van der Waals surface area contributed by atoms with Crippen LogP contribution in [-0.2, 0) is 10.8 Å². The van der Waals surface area contributed by atoms with E-state index in [1.54, 1.807) is 0 Å². The number of hydrogen-bond acceptors (Lipinski definition) is 4. The summed E-state index contributed by atoms with van der Waals surface area (Å²) in [6.07, 6.45) is 3.96. The molecule has 5 nitrogen and oxygen atoms in total. The molecule has 6 aromatic rings. The summed E-state index contributed by atoms with van der Waals surface area (Å²) in [5.74, 6) is 1.55. The van der Waals surface area contributed by atoms with E-state index in [1.807, 2.05) is 53.3 Å². The van der Waals surface area contributed by atoms with Crippen molar-refractivity contribution in [1.82, 2.24) is 9.78 Å². The summed E-state index contributed by atoms with van der Waals surface area (Å²) in [5, 5.41) is 4.65. The fourth-order valence-electron chi connectivity index (χ4n) is 7.19. The number of nitrogens with zero attached hydrogens (tertiary/aromatic N) is 4. The molecule has 0 N–H and O–H groups in total. The monoisotopic (exact) mass is 660 g/mol. The van der Waals surface area contributed by atoms with Crippen LogP contribution in [0.4, 0.5) is 22.7 Å². The van der Waals surface area contributed by atoms with Crippen molar-refractivity contribution in [1.29, 1.82) is 0 Å². The molecule has 0 unspecified atom stereocenters. The lowest BCUT2D eigenvalue weighted by Crippen LogP contribution is -2.26. The predicted octanol–water partition coefficient (Wildman–Crippen LogP) is 12.1. The molecule has 0 radical (unpaired) electrons. The Morgan fingerprint density at radius 1 is 0.600 bits per heavy atom. The van der Waals surface area contributed by atoms with Crippen molar-refractivity contribution in [2.45, 2.75) is 73.1 Å². The molecular formula is C45H48N4O. The van der Waals surface area contributed by atoms with E-state index in [-0.39, 0.29) is 10.8 Å². The average molecular weight is 661 g/mol. The second kappa shape index (κ2) is 12.5. The molecule has 0 amide bonds. The minimum absolute atomic E-state index is 0.00701. The maximum absolute atomic E-state index is 6.56. The zero-order valence-corrected chi connectivity index (χ0v) is 30.9. The molecule has 1 aromatic heterocycles. The Kier molecular flexibility index (Phi) is 8.34. The van der Waals surface area contributed by atoms with E-state index >= 15 is 0 Å². The molecule has 1 aliphatic rings. The molecule has 0 aliphatic carbocycles. The van der Waals surface area contributed by atoms with Gasteiger partial charge in [0.2, 0.25) is 0 Å². The largest absolute Gasteiger partial charge is 0.457 e. The number of rotatable bonds is 6. The fraction of sp³-hybridized carbons (Fsp3) is 0.267. The van der Waals surface area contributed by atoms with Crippen LogP contribution < -0.4 is 14.5 Å². The highest BCUT2D eigenvalue weighted by atomic mass is 16.5. The molecule has 0 saturated carbocycles. The number of fused-ring (bicyclic) bond motifs is 1. The van der Waals surface area contributed by atoms with E-state index in [2.05, 4.69) is 144 Å². The van der Waals surface area contributed by atoms with Gasteiger partial charge >= 0.3 is 0 Å². The normalized spacial score (nSPS) is 13.1. The predicted molar refractivity (Wildman–Crippen MR) is 209 cm³/mol. The number of benzene rings is 5. The Hall–Kier alpha value is -5.29. The van der Waals surface area contributed by atoms with Crippen molar-refractivity contribution in [3.63, 3.8) is 0 Å². The number of aryl methyl sites for hydroxylation is 3. The van der Waals surface area contributed by atoms with Gasteiger partial charge in [-0.05, 0) is 89.8 Å². The minimum Gasteiger partial charge on any atom is -0.457 e. The highest BCUT2D eigenvalue weighted by molar-refractivity contribution is 5.91. The Morgan fingerprint density at radius 3 is 1.88 bits per heavy atom. The van der Waals surface area contributed by atoms with Gasteiger partial charge in [-0.15, -0.1) is 0 Å². The third-order valence-electron chi connectivity index (χ3n) is 9.65. The van der Waals surface area contributed by atoms with Gasteiger partial charge in [0, 0.05) is 35.3 Å². The number of anilines is 4. The Bertz CT molecular complexity index is 2160. The molecule has 5 aromatic carbocycles. The van der Waals surface area contributed by atoms with E-state index in [0.29, 0.717) is 6.67 Å². The van der Waals surface area contributed by atoms with Gasteiger partial charge in [-0.25, -0.2) is 4.68 Å². The maximum Gasteiger partial charge on any atom is 0.129 e. The van der Waals surface area contributed by atoms with Crippen LogP contribution in [0.2, 0.25) is 0 Å². The quantitative estimate of drug-likeness (QED) is 0.178. The fourth-order valence-corrected chi connectivity index (χ4v) is 7.19. The third-order valence-corrected chi connectivity index (χ3v) is 9.65. The Morgan fingerprint density at radius 2 is 1.24 bits per heavy atom. The first-order chi connectivity index (χ1) is 23.8. The van der Waals surface area contributed by atoms with Crippen molar-refractivity contribution in [3.05, 3.63) is 143 Å². The summed E-state index contributed by atoms with van der Waals surface area (Å²) in [6.45, 7) is 21.3. The maximum atomic E-state index is 6.56. The molecule has 1 aliphatic heterocycles. The lowest BCUT2D eigenvalue weighted by molar-refractivity contribution is 0.482. The number of aromatic nitrogens is 2. The third kappa shape index (κ3) is 6.40. The van der Waals surface area contributed by atoms with Crippen LogP contribution in [0.3, 0.4) is 0 Å². The molecular weight excluding hydrogens is 613 g/mol. The van der Waals surface area contributed by atoms with Gasteiger partial charge in [0.05, 0.1) is 23.3 Å². The van der Waals surface area contributed by atoms with Crippen molar-refractivity contribution in [2.75, 3.05) is 16.5 Å². The molecule has 5 heteroatoms. The molecule has 0 spiro atoms. The van der Waals surface area contributed by atoms with Gasteiger partial charge in [-0.1, -0.05) is 108 Å². The van der Waals surface area contributed by atoms with E-state index in [4.69, 9.17) is 4.74 Å². The van der Waals surface area contributed by atoms with Crippen LogP contribution in [0.5, 0.6) is 11.5 Å². The van der Waals surface area contributed by atoms with Gasteiger partial charge in [0.1, 0.15) is 18.2 Å².